The highest BCUT2D eigenvalue weighted by Gasteiger charge is 2.21. The molecule has 0 N–H and O–H groups in total. The number of aryl methyl sites for hydroxylation is 2. The Kier molecular flexibility index (Phi) is 4.40. The van der Waals surface area contributed by atoms with E-state index in [1.165, 1.54) is 59.1 Å². The molecule has 1 saturated carbocycles. The molecule has 0 radical (unpaired) electrons. The highest BCUT2D eigenvalue weighted by molar-refractivity contribution is 5.72. The lowest BCUT2D eigenvalue weighted by Gasteiger charge is -2.17. The number of pyridine rings is 1. The van der Waals surface area contributed by atoms with Crippen LogP contribution in [-0.2, 0) is 0 Å². The summed E-state index contributed by atoms with van der Waals surface area (Å²) in [4.78, 5) is 4.81. The van der Waals surface area contributed by atoms with Gasteiger partial charge in [0.05, 0.1) is 5.69 Å². The molecule has 0 saturated heterocycles. The molecule has 0 aliphatic heterocycles. The summed E-state index contributed by atoms with van der Waals surface area (Å²) in [7, 11) is 0. The Hall–Kier alpha value is -2.41. The number of hydrogen-bond donors (Lipinski definition) is 0. The van der Waals surface area contributed by atoms with E-state index >= 15 is 0 Å². The molecule has 2 aromatic carbocycles. The van der Waals surface area contributed by atoms with E-state index in [-0.39, 0.29) is 0 Å². The van der Waals surface area contributed by atoms with Crippen molar-refractivity contribution in [2.75, 3.05) is 0 Å². The van der Waals surface area contributed by atoms with Crippen LogP contribution < -0.4 is 0 Å². The van der Waals surface area contributed by atoms with Crippen molar-refractivity contribution in [1.82, 2.24) is 4.98 Å². The lowest BCUT2D eigenvalue weighted by Crippen LogP contribution is -1.99. The van der Waals surface area contributed by atoms with Gasteiger partial charge in [-0.1, -0.05) is 61.4 Å². The van der Waals surface area contributed by atoms with Gasteiger partial charge in [0.15, 0.2) is 0 Å². The minimum atomic E-state index is 0.669. The first-order valence-corrected chi connectivity index (χ1v) is 9.35. The molecule has 1 fully saturated rings. The summed E-state index contributed by atoms with van der Waals surface area (Å²) in [6, 6.07) is 19.7. The Morgan fingerprint density at radius 2 is 1.56 bits per heavy atom. The van der Waals surface area contributed by atoms with Gasteiger partial charge in [0.25, 0.3) is 0 Å². The molecular formula is C24H25N. The number of aromatic nitrogens is 1. The first kappa shape index (κ1) is 16.1. The molecule has 1 nitrogen and oxygen atoms in total. The molecule has 4 rings (SSSR count). The predicted molar refractivity (Wildman–Crippen MR) is 106 cm³/mol. The van der Waals surface area contributed by atoms with E-state index in [2.05, 4.69) is 74.6 Å². The molecule has 0 atom stereocenters. The second-order valence-electron chi connectivity index (χ2n) is 7.30. The fraction of sp³-hybridized carbons (Fsp3) is 0.292. The fourth-order valence-electron chi connectivity index (χ4n) is 3.96. The second kappa shape index (κ2) is 6.84. The van der Waals surface area contributed by atoms with Crippen LogP contribution >= 0.6 is 0 Å². The minimum absolute atomic E-state index is 0.669. The van der Waals surface area contributed by atoms with Crippen LogP contribution in [0.15, 0.2) is 60.8 Å². The van der Waals surface area contributed by atoms with Crippen molar-refractivity contribution in [2.45, 2.75) is 45.4 Å². The molecule has 0 amide bonds. The highest BCUT2D eigenvalue weighted by atomic mass is 14.7. The summed E-state index contributed by atoms with van der Waals surface area (Å²) >= 11 is 0. The van der Waals surface area contributed by atoms with Crippen LogP contribution in [0.1, 0.15) is 48.3 Å². The number of nitrogens with zero attached hydrogens (tertiary/aromatic N) is 1. The van der Waals surface area contributed by atoms with Crippen LogP contribution in [0.2, 0.25) is 0 Å². The molecule has 3 aromatic rings. The Bertz CT molecular complexity index is 874. The van der Waals surface area contributed by atoms with Crippen LogP contribution in [0.4, 0.5) is 0 Å². The molecule has 126 valence electrons. The molecule has 25 heavy (non-hydrogen) atoms. The maximum absolute atomic E-state index is 4.81. The molecule has 1 aliphatic carbocycles. The molecule has 0 bridgehead atoms. The van der Waals surface area contributed by atoms with Crippen LogP contribution in [0, 0.1) is 13.8 Å². The summed E-state index contributed by atoms with van der Waals surface area (Å²) in [5.74, 6) is 0.669. The van der Waals surface area contributed by atoms with E-state index in [4.69, 9.17) is 4.98 Å². The van der Waals surface area contributed by atoms with Gasteiger partial charge in [-0.05, 0) is 60.9 Å². The van der Waals surface area contributed by atoms with Gasteiger partial charge in [0, 0.05) is 17.3 Å². The first-order valence-electron chi connectivity index (χ1n) is 9.35. The standard InChI is InChI=1S/C24H25N/c1-17-12-13-21(14-18(17)2)23-16-25-24(20-10-4-3-5-11-20)15-22(23)19-8-6-7-9-19/h3-5,10-16,19H,6-9H2,1-2H3. The van der Waals surface area contributed by atoms with Crippen LogP contribution in [0.3, 0.4) is 0 Å². The van der Waals surface area contributed by atoms with Crippen LogP contribution in [-0.4, -0.2) is 4.98 Å². The Morgan fingerprint density at radius 1 is 0.800 bits per heavy atom. The number of hydrogen-bond acceptors (Lipinski definition) is 1. The molecule has 1 heteroatoms. The average molecular weight is 327 g/mol. The van der Waals surface area contributed by atoms with Crippen molar-refractivity contribution in [1.29, 1.82) is 0 Å². The van der Waals surface area contributed by atoms with Gasteiger partial charge in [-0.15, -0.1) is 0 Å². The van der Waals surface area contributed by atoms with E-state index in [0.717, 1.165) is 5.69 Å². The van der Waals surface area contributed by atoms with E-state index in [1.54, 1.807) is 0 Å². The van der Waals surface area contributed by atoms with Gasteiger partial charge in [0.2, 0.25) is 0 Å². The Morgan fingerprint density at radius 3 is 2.28 bits per heavy atom. The normalized spacial score (nSPS) is 14.8. The summed E-state index contributed by atoms with van der Waals surface area (Å²) in [6.45, 7) is 4.37. The van der Waals surface area contributed by atoms with Crippen LogP contribution in [0.25, 0.3) is 22.4 Å². The maximum atomic E-state index is 4.81. The van der Waals surface area contributed by atoms with Gasteiger partial charge in [-0.25, -0.2) is 0 Å². The van der Waals surface area contributed by atoms with Crippen molar-refractivity contribution >= 4 is 0 Å². The Balaban J connectivity index is 1.84. The summed E-state index contributed by atoms with van der Waals surface area (Å²) in [5.41, 5.74) is 9.09. The fourth-order valence-corrected chi connectivity index (χ4v) is 3.96. The predicted octanol–water partition coefficient (Wildman–Crippen LogP) is 6.69. The Labute approximate surface area is 150 Å². The molecule has 0 spiro atoms. The summed E-state index contributed by atoms with van der Waals surface area (Å²) in [6.07, 6.45) is 7.40. The highest BCUT2D eigenvalue weighted by Crippen LogP contribution is 2.40. The van der Waals surface area contributed by atoms with E-state index in [0.29, 0.717) is 5.92 Å². The van der Waals surface area contributed by atoms with Crippen molar-refractivity contribution in [2.24, 2.45) is 0 Å². The van der Waals surface area contributed by atoms with E-state index in [9.17, 15) is 0 Å². The third kappa shape index (κ3) is 3.24. The van der Waals surface area contributed by atoms with Crippen molar-refractivity contribution in [3.63, 3.8) is 0 Å². The SMILES string of the molecule is Cc1ccc(-c2cnc(-c3ccccc3)cc2C2CCCC2)cc1C. The average Bonchev–Trinajstić information content (AvgIpc) is 3.19. The van der Waals surface area contributed by atoms with Crippen molar-refractivity contribution < 1.29 is 0 Å². The largest absolute Gasteiger partial charge is 0.256 e. The molecule has 1 aromatic heterocycles. The smallest absolute Gasteiger partial charge is 0.0705 e. The van der Waals surface area contributed by atoms with Crippen molar-refractivity contribution in [3.8, 4) is 22.4 Å². The third-order valence-electron chi connectivity index (χ3n) is 5.62. The topological polar surface area (TPSA) is 12.9 Å². The van der Waals surface area contributed by atoms with Crippen LogP contribution in [0.5, 0.6) is 0 Å². The lowest BCUT2D eigenvalue weighted by atomic mass is 9.88. The van der Waals surface area contributed by atoms with E-state index < -0.39 is 0 Å². The third-order valence-corrected chi connectivity index (χ3v) is 5.62. The monoisotopic (exact) mass is 327 g/mol. The number of benzene rings is 2. The lowest BCUT2D eigenvalue weighted by molar-refractivity contribution is 0.724. The molecule has 0 unspecified atom stereocenters. The zero-order valence-corrected chi connectivity index (χ0v) is 15.1. The van der Waals surface area contributed by atoms with Gasteiger partial charge in [-0.2, -0.15) is 0 Å². The zero-order chi connectivity index (χ0) is 17.2. The second-order valence-corrected chi connectivity index (χ2v) is 7.30. The summed E-state index contributed by atoms with van der Waals surface area (Å²) < 4.78 is 0. The van der Waals surface area contributed by atoms with Gasteiger partial charge >= 0.3 is 0 Å². The molecular weight excluding hydrogens is 302 g/mol. The minimum Gasteiger partial charge on any atom is -0.256 e. The zero-order valence-electron chi connectivity index (χ0n) is 15.1. The molecule has 1 heterocycles. The maximum Gasteiger partial charge on any atom is 0.0705 e. The first-order chi connectivity index (χ1) is 12.2. The summed E-state index contributed by atoms with van der Waals surface area (Å²) in [5, 5.41) is 0. The quantitative estimate of drug-likeness (QED) is 0.522. The van der Waals surface area contributed by atoms with Gasteiger partial charge in [-0.3, -0.25) is 4.98 Å². The van der Waals surface area contributed by atoms with Gasteiger partial charge < -0.3 is 0 Å². The molecule has 1 aliphatic rings. The number of rotatable bonds is 3. The van der Waals surface area contributed by atoms with Gasteiger partial charge in [0.1, 0.15) is 0 Å². The van der Waals surface area contributed by atoms with E-state index in [1.807, 2.05) is 0 Å². The van der Waals surface area contributed by atoms with Crippen molar-refractivity contribution in [3.05, 3.63) is 77.5 Å².